The Kier molecular flexibility index (Phi) is 3.57. The first kappa shape index (κ1) is 10.6. The fraction of sp³-hybridized carbons (Fsp3) is 0. The van der Waals surface area contributed by atoms with E-state index in [9.17, 15) is 9.59 Å². The van der Waals surface area contributed by atoms with Gasteiger partial charge in [-0.1, -0.05) is 23.2 Å². The minimum atomic E-state index is 0.0116. The van der Waals surface area contributed by atoms with Crippen molar-refractivity contribution in [2.24, 2.45) is 9.98 Å². The van der Waals surface area contributed by atoms with Crippen LogP contribution < -0.4 is 0 Å². The molecule has 0 fully saturated rings. The van der Waals surface area contributed by atoms with Gasteiger partial charge >= 0.3 is 0 Å². The summed E-state index contributed by atoms with van der Waals surface area (Å²) in [5.41, 5.74) is 0.135. The number of aliphatic imine (C=N–C) groups is 2. The Balaban J connectivity index is 3.51. The molecule has 0 saturated heterocycles. The minimum Gasteiger partial charge on any atom is -0.211 e. The van der Waals surface area contributed by atoms with Crippen LogP contribution in [0.2, 0.25) is 10.0 Å². The van der Waals surface area contributed by atoms with Gasteiger partial charge in [0.1, 0.15) is 11.4 Å². The molecule has 0 N–H and O–H groups in total. The van der Waals surface area contributed by atoms with E-state index in [1.54, 1.807) is 0 Å². The molecule has 14 heavy (non-hydrogen) atoms. The van der Waals surface area contributed by atoms with E-state index in [1.807, 2.05) is 0 Å². The van der Waals surface area contributed by atoms with Crippen molar-refractivity contribution in [2.45, 2.75) is 0 Å². The molecule has 0 spiro atoms. The molecule has 0 amide bonds. The number of hydrogen-bond acceptors (Lipinski definition) is 4. The van der Waals surface area contributed by atoms with Gasteiger partial charge in [-0.05, 0) is 12.1 Å². The fourth-order valence-electron chi connectivity index (χ4n) is 0.821. The second-order valence-electron chi connectivity index (χ2n) is 2.14. The summed E-state index contributed by atoms with van der Waals surface area (Å²) in [6, 6.07) is 2.83. The van der Waals surface area contributed by atoms with Crippen LogP contribution in [0.15, 0.2) is 22.1 Å². The molecule has 70 valence electrons. The van der Waals surface area contributed by atoms with Crippen LogP contribution in [0.5, 0.6) is 0 Å². The first-order valence-electron chi connectivity index (χ1n) is 3.34. The van der Waals surface area contributed by atoms with Crippen LogP contribution in [0.1, 0.15) is 0 Å². The predicted molar refractivity (Wildman–Crippen MR) is 52.0 cm³/mol. The van der Waals surface area contributed by atoms with E-state index in [4.69, 9.17) is 23.2 Å². The number of nitrogens with zero attached hydrogens (tertiary/aromatic N) is 2. The van der Waals surface area contributed by atoms with E-state index < -0.39 is 0 Å². The van der Waals surface area contributed by atoms with Crippen molar-refractivity contribution in [1.29, 1.82) is 0 Å². The summed E-state index contributed by atoms with van der Waals surface area (Å²) in [6.07, 6.45) is 2.61. The zero-order valence-corrected chi connectivity index (χ0v) is 8.13. The molecular weight excluding hydrogens is 227 g/mol. The standard InChI is InChI=1S/C8H2Cl2N2O2/c9-5-1-2-6(11-3-13)8(7(5)10)12-4-14/h1-2H. The lowest BCUT2D eigenvalue weighted by atomic mass is 10.3. The maximum Gasteiger partial charge on any atom is 0.240 e. The Morgan fingerprint density at radius 1 is 1.07 bits per heavy atom. The molecule has 0 saturated carbocycles. The van der Waals surface area contributed by atoms with E-state index in [0.29, 0.717) is 0 Å². The second-order valence-corrected chi connectivity index (χ2v) is 2.92. The molecule has 1 aromatic carbocycles. The van der Waals surface area contributed by atoms with Crippen LogP contribution >= 0.6 is 23.2 Å². The quantitative estimate of drug-likeness (QED) is 0.578. The Morgan fingerprint density at radius 2 is 1.71 bits per heavy atom. The summed E-state index contributed by atoms with van der Waals surface area (Å²) in [5, 5.41) is 0.261. The third-order valence-corrected chi connectivity index (χ3v) is 2.17. The predicted octanol–water partition coefficient (Wildman–Crippen LogP) is 2.93. The highest BCUT2D eigenvalue weighted by atomic mass is 35.5. The average Bonchev–Trinajstić information content (AvgIpc) is 2.18. The fourth-order valence-corrected chi connectivity index (χ4v) is 1.18. The molecule has 1 aromatic rings. The third-order valence-electron chi connectivity index (χ3n) is 1.37. The molecular formula is C8H2Cl2N2O2. The summed E-state index contributed by atoms with van der Waals surface area (Å²) in [6.45, 7) is 0. The van der Waals surface area contributed by atoms with Crippen molar-refractivity contribution in [3.05, 3.63) is 22.2 Å². The largest absolute Gasteiger partial charge is 0.240 e. The molecule has 0 aliphatic heterocycles. The number of hydrogen-bond donors (Lipinski definition) is 0. The Hall–Kier alpha value is -1.44. The first-order chi connectivity index (χ1) is 6.70. The molecule has 1 rings (SSSR count). The van der Waals surface area contributed by atoms with Crippen LogP contribution in [-0.2, 0) is 9.59 Å². The van der Waals surface area contributed by atoms with Crippen molar-refractivity contribution in [2.75, 3.05) is 0 Å². The van der Waals surface area contributed by atoms with Gasteiger partial charge in [0.2, 0.25) is 12.2 Å². The van der Waals surface area contributed by atoms with E-state index in [-0.39, 0.29) is 21.4 Å². The summed E-state index contributed by atoms with van der Waals surface area (Å²) in [5.74, 6) is 0. The molecule has 0 aromatic heterocycles. The number of halogens is 2. The van der Waals surface area contributed by atoms with Crippen LogP contribution in [0.25, 0.3) is 0 Å². The van der Waals surface area contributed by atoms with Crippen molar-refractivity contribution in [1.82, 2.24) is 0 Å². The molecule has 0 radical (unpaired) electrons. The van der Waals surface area contributed by atoms with Gasteiger partial charge in [0, 0.05) is 0 Å². The third kappa shape index (κ3) is 2.08. The molecule has 0 atom stereocenters. The van der Waals surface area contributed by atoms with Gasteiger partial charge in [-0.15, -0.1) is 0 Å². The number of rotatable bonds is 2. The van der Waals surface area contributed by atoms with Gasteiger partial charge in [0.25, 0.3) is 0 Å². The molecule has 0 aliphatic rings. The molecule has 0 aliphatic carbocycles. The van der Waals surface area contributed by atoms with Crippen molar-refractivity contribution in [3.63, 3.8) is 0 Å². The molecule has 4 nitrogen and oxygen atoms in total. The number of benzene rings is 1. The zero-order valence-electron chi connectivity index (χ0n) is 6.62. The maximum absolute atomic E-state index is 10.1. The summed E-state index contributed by atoms with van der Waals surface area (Å²) >= 11 is 11.4. The molecule has 6 heteroatoms. The average molecular weight is 229 g/mol. The van der Waals surface area contributed by atoms with E-state index in [0.717, 1.165) is 0 Å². The minimum absolute atomic E-state index is 0.0116. The lowest BCUT2D eigenvalue weighted by Crippen LogP contribution is -1.73. The van der Waals surface area contributed by atoms with Gasteiger partial charge in [-0.25, -0.2) is 9.59 Å². The lowest BCUT2D eigenvalue weighted by molar-refractivity contribution is 0.564. The molecule has 0 unspecified atom stereocenters. The highest BCUT2D eigenvalue weighted by Gasteiger charge is 2.09. The monoisotopic (exact) mass is 228 g/mol. The molecule has 0 bridgehead atoms. The summed E-state index contributed by atoms with van der Waals surface area (Å²) in [4.78, 5) is 26.7. The zero-order chi connectivity index (χ0) is 10.6. The van der Waals surface area contributed by atoms with Crippen molar-refractivity contribution >= 4 is 46.7 Å². The van der Waals surface area contributed by atoms with Crippen LogP contribution in [0, 0.1) is 0 Å². The van der Waals surface area contributed by atoms with Gasteiger partial charge in [-0.3, -0.25) is 0 Å². The summed E-state index contributed by atoms with van der Waals surface area (Å²) < 4.78 is 0. The van der Waals surface area contributed by atoms with E-state index >= 15 is 0 Å². The van der Waals surface area contributed by atoms with Gasteiger partial charge in [0.15, 0.2) is 0 Å². The Morgan fingerprint density at radius 3 is 2.29 bits per heavy atom. The highest BCUT2D eigenvalue weighted by Crippen LogP contribution is 2.39. The van der Waals surface area contributed by atoms with Crippen molar-refractivity contribution in [3.8, 4) is 0 Å². The topological polar surface area (TPSA) is 58.9 Å². The second kappa shape index (κ2) is 4.70. The smallest absolute Gasteiger partial charge is 0.211 e. The Bertz CT molecular complexity index is 461. The van der Waals surface area contributed by atoms with Crippen LogP contribution in [0.4, 0.5) is 11.4 Å². The van der Waals surface area contributed by atoms with Crippen LogP contribution in [0.3, 0.4) is 0 Å². The molecule has 0 heterocycles. The van der Waals surface area contributed by atoms with Gasteiger partial charge in [0.05, 0.1) is 10.0 Å². The Labute approximate surface area is 88.9 Å². The van der Waals surface area contributed by atoms with Gasteiger partial charge in [-0.2, -0.15) is 9.98 Å². The SMILES string of the molecule is O=C=Nc1ccc(Cl)c(Cl)c1N=C=O. The number of carbonyl (C=O) groups excluding carboxylic acids is 2. The number of isocyanates is 2. The van der Waals surface area contributed by atoms with Gasteiger partial charge < -0.3 is 0 Å². The lowest BCUT2D eigenvalue weighted by Gasteiger charge is -2.00. The van der Waals surface area contributed by atoms with Crippen molar-refractivity contribution < 1.29 is 9.59 Å². The van der Waals surface area contributed by atoms with Crippen LogP contribution in [-0.4, -0.2) is 12.2 Å². The summed E-state index contributed by atoms with van der Waals surface area (Å²) in [7, 11) is 0. The normalized spacial score (nSPS) is 8.71. The first-order valence-corrected chi connectivity index (χ1v) is 4.10. The van der Waals surface area contributed by atoms with E-state index in [1.165, 1.54) is 24.3 Å². The van der Waals surface area contributed by atoms with E-state index in [2.05, 4.69) is 9.98 Å². The highest BCUT2D eigenvalue weighted by molar-refractivity contribution is 6.44. The maximum atomic E-state index is 10.1.